The van der Waals surface area contributed by atoms with Crippen molar-refractivity contribution in [2.75, 3.05) is 0 Å². The first-order valence-electron chi connectivity index (χ1n) is 4.07. The second kappa shape index (κ2) is 4.45. The van der Waals surface area contributed by atoms with E-state index >= 15 is 0 Å². The lowest BCUT2D eigenvalue weighted by Gasteiger charge is -2.02. The van der Waals surface area contributed by atoms with Crippen molar-refractivity contribution in [1.29, 1.82) is 0 Å². The third-order valence-corrected chi connectivity index (χ3v) is 1.63. The maximum Gasteiger partial charge on any atom is 0.302 e. The van der Waals surface area contributed by atoms with Gasteiger partial charge in [-0.15, -0.1) is 0 Å². The number of hydrogen-bond acceptors (Lipinski definition) is 2. The standard InChI is InChI=1S/C11H12O2/c1-3-10-5-4-6-11(7-10)8-13-9(2)12/h3-7H,1,8H2,2H3. The Labute approximate surface area is 77.8 Å². The molecule has 13 heavy (non-hydrogen) atoms. The summed E-state index contributed by atoms with van der Waals surface area (Å²) in [5, 5.41) is 0. The lowest BCUT2D eigenvalue weighted by atomic mass is 10.1. The molecule has 0 bridgehead atoms. The van der Waals surface area contributed by atoms with Gasteiger partial charge >= 0.3 is 5.97 Å². The number of ether oxygens (including phenoxy) is 1. The summed E-state index contributed by atoms with van der Waals surface area (Å²) in [6, 6.07) is 7.71. The van der Waals surface area contributed by atoms with Gasteiger partial charge in [-0.1, -0.05) is 30.9 Å². The zero-order chi connectivity index (χ0) is 9.68. The highest BCUT2D eigenvalue weighted by Gasteiger charge is 1.96. The van der Waals surface area contributed by atoms with Crippen LogP contribution in [0.2, 0.25) is 0 Å². The molecule has 1 aromatic rings. The Kier molecular flexibility index (Phi) is 3.26. The van der Waals surface area contributed by atoms with E-state index in [1.54, 1.807) is 6.08 Å². The van der Waals surface area contributed by atoms with E-state index in [0.29, 0.717) is 6.61 Å². The fourth-order valence-corrected chi connectivity index (χ4v) is 0.995. The Hall–Kier alpha value is -1.57. The molecule has 0 N–H and O–H groups in total. The summed E-state index contributed by atoms with van der Waals surface area (Å²) in [6.07, 6.45) is 1.76. The van der Waals surface area contributed by atoms with Crippen molar-refractivity contribution in [3.63, 3.8) is 0 Å². The average molecular weight is 176 g/mol. The number of rotatable bonds is 3. The van der Waals surface area contributed by atoms with Gasteiger partial charge in [0.25, 0.3) is 0 Å². The van der Waals surface area contributed by atoms with Gasteiger partial charge in [0.2, 0.25) is 0 Å². The maximum absolute atomic E-state index is 10.5. The van der Waals surface area contributed by atoms with Gasteiger partial charge in [0.15, 0.2) is 0 Å². The van der Waals surface area contributed by atoms with Gasteiger partial charge in [-0.05, 0) is 17.2 Å². The van der Waals surface area contributed by atoms with Crippen LogP contribution < -0.4 is 0 Å². The molecule has 0 spiro atoms. The Balaban J connectivity index is 2.66. The van der Waals surface area contributed by atoms with E-state index in [1.807, 2.05) is 24.3 Å². The summed E-state index contributed by atoms with van der Waals surface area (Å²) in [7, 11) is 0. The van der Waals surface area contributed by atoms with E-state index in [2.05, 4.69) is 6.58 Å². The summed E-state index contributed by atoms with van der Waals surface area (Å²) < 4.78 is 4.85. The molecule has 0 aromatic heterocycles. The topological polar surface area (TPSA) is 26.3 Å². The number of esters is 1. The molecule has 0 aliphatic heterocycles. The van der Waals surface area contributed by atoms with Crippen LogP contribution in [0.15, 0.2) is 30.8 Å². The quantitative estimate of drug-likeness (QED) is 0.661. The molecule has 2 nitrogen and oxygen atoms in total. The molecule has 0 heterocycles. The van der Waals surface area contributed by atoms with Crippen LogP contribution in [0.4, 0.5) is 0 Å². The largest absolute Gasteiger partial charge is 0.461 e. The summed E-state index contributed by atoms with van der Waals surface area (Å²) >= 11 is 0. The van der Waals surface area contributed by atoms with Crippen LogP contribution in [0.3, 0.4) is 0 Å². The van der Waals surface area contributed by atoms with Crippen LogP contribution >= 0.6 is 0 Å². The minimum atomic E-state index is -0.260. The highest BCUT2D eigenvalue weighted by atomic mass is 16.5. The Bertz CT molecular complexity index is 316. The molecule has 1 aromatic carbocycles. The van der Waals surface area contributed by atoms with E-state index in [9.17, 15) is 4.79 Å². The van der Waals surface area contributed by atoms with Crippen LogP contribution in [0.25, 0.3) is 6.08 Å². The molecular weight excluding hydrogens is 164 g/mol. The fourth-order valence-electron chi connectivity index (χ4n) is 0.995. The number of hydrogen-bond donors (Lipinski definition) is 0. The van der Waals surface area contributed by atoms with Crippen molar-refractivity contribution >= 4 is 12.0 Å². The lowest BCUT2D eigenvalue weighted by Crippen LogP contribution is -1.98. The number of carbonyl (C=O) groups is 1. The highest BCUT2D eigenvalue weighted by molar-refractivity contribution is 5.66. The van der Waals surface area contributed by atoms with Crippen molar-refractivity contribution in [3.05, 3.63) is 42.0 Å². The van der Waals surface area contributed by atoms with E-state index in [-0.39, 0.29) is 5.97 Å². The van der Waals surface area contributed by atoms with Gasteiger partial charge in [-0.2, -0.15) is 0 Å². The summed E-state index contributed by atoms with van der Waals surface area (Å²) in [5.74, 6) is -0.260. The highest BCUT2D eigenvalue weighted by Crippen LogP contribution is 2.07. The first-order chi connectivity index (χ1) is 6.22. The molecule has 0 aliphatic carbocycles. The smallest absolute Gasteiger partial charge is 0.302 e. The Morgan fingerprint density at radius 3 is 3.00 bits per heavy atom. The molecule has 1 rings (SSSR count). The van der Waals surface area contributed by atoms with E-state index in [1.165, 1.54) is 6.92 Å². The summed E-state index contributed by atoms with van der Waals surface area (Å²) in [6.45, 7) is 5.39. The van der Waals surface area contributed by atoms with Crippen LogP contribution in [-0.4, -0.2) is 5.97 Å². The lowest BCUT2D eigenvalue weighted by molar-refractivity contribution is -0.142. The van der Waals surface area contributed by atoms with Gasteiger partial charge in [0.05, 0.1) is 0 Å². The SMILES string of the molecule is C=Cc1cccc(COC(C)=O)c1. The normalized spacial score (nSPS) is 9.31. The third kappa shape index (κ3) is 3.11. The van der Waals surface area contributed by atoms with Crippen LogP contribution in [0, 0.1) is 0 Å². The maximum atomic E-state index is 10.5. The van der Waals surface area contributed by atoms with Crippen LogP contribution in [0.5, 0.6) is 0 Å². The van der Waals surface area contributed by atoms with Crippen molar-refractivity contribution < 1.29 is 9.53 Å². The second-order valence-corrected chi connectivity index (χ2v) is 2.73. The molecule has 0 unspecified atom stereocenters. The monoisotopic (exact) mass is 176 g/mol. The molecular formula is C11H12O2. The van der Waals surface area contributed by atoms with Crippen molar-refractivity contribution in [2.24, 2.45) is 0 Å². The minimum absolute atomic E-state index is 0.260. The molecule has 0 fully saturated rings. The predicted molar refractivity (Wildman–Crippen MR) is 52.0 cm³/mol. The molecule has 0 saturated heterocycles. The number of carbonyl (C=O) groups excluding carboxylic acids is 1. The minimum Gasteiger partial charge on any atom is -0.461 e. The van der Waals surface area contributed by atoms with Gasteiger partial charge in [0.1, 0.15) is 6.61 Å². The van der Waals surface area contributed by atoms with Crippen LogP contribution in [-0.2, 0) is 16.1 Å². The Morgan fingerprint density at radius 2 is 2.38 bits per heavy atom. The van der Waals surface area contributed by atoms with E-state index in [4.69, 9.17) is 4.74 Å². The van der Waals surface area contributed by atoms with Crippen molar-refractivity contribution in [2.45, 2.75) is 13.5 Å². The second-order valence-electron chi connectivity index (χ2n) is 2.73. The third-order valence-electron chi connectivity index (χ3n) is 1.63. The fraction of sp³-hybridized carbons (Fsp3) is 0.182. The van der Waals surface area contributed by atoms with Crippen LogP contribution in [0.1, 0.15) is 18.1 Å². The van der Waals surface area contributed by atoms with E-state index in [0.717, 1.165) is 11.1 Å². The van der Waals surface area contributed by atoms with Crippen molar-refractivity contribution in [1.82, 2.24) is 0 Å². The van der Waals surface area contributed by atoms with Gasteiger partial charge in [-0.3, -0.25) is 4.79 Å². The zero-order valence-corrected chi connectivity index (χ0v) is 7.62. The molecule has 0 saturated carbocycles. The summed E-state index contributed by atoms with van der Waals surface area (Å²) in [5.41, 5.74) is 2.01. The molecule has 68 valence electrons. The first kappa shape index (κ1) is 9.52. The molecule has 0 atom stereocenters. The zero-order valence-electron chi connectivity index (χ0n) is 7.62. The van der Waals surface area contributed by atoms with Gasteiger partial charge < -0.3 is 4.74 Å². The summed E-state index contributed by atoms with van der Waals surface area (Å²) in [4.78, 5) is 10.5. The Morgan fingerprint density at radius 1 is 1.62 bits per heavy atom. The van der Waals surface area contributed by atoms with Gasteiger partial charge in [0, 0.05) is 6.92 Å². The first-order valence-corrected chi connectivity index (χ1v) is 4.07. The molecule has 0 amide bonds. The predicted octanol–water partition coefficient (Wildman–Crippen LogP) is 2.39. The molecule has 0 aliphatic rings. The number of benzene rings is 1. The van der Waals surface area contributed by atoms with Crippen molar-refractivity contribution in [3.8, 4) is 0 Å². The van der Waals surface area contributed by atoms with Gasteiger partial charge in [-0.25, -0.2) is 0 Å². The van der Waals surface area contributed by atoms with E-state index < -0.39 is 0 Å². The molecule has 0 radical (unpaired) electrons. The molecule has 2 heteroatoms. The average Bonchev–Trinajstić information content (AvgIpc) is 2.15.